The minimum atomic E-state index is -4.41. The van der Waals surface area contributed by atoms with Gasteiger partial charge in [0, 0.05) is 12.1 Å². The first-order valence-electron chi connectivity index (χ1n) is 9.68. The van der Waals surface area contributed by atoms with Crippen LogP contribution in [0.4, 0.5) is 13.2 Å². The third-order valence-corrected chi connectivity index (χ3v) is 4.67. The van der Waals surface area contributed by atoms with Crippen molar-refractivity contribution in [1.29, 1.82) is 0 Å². The zero-order valence-corrected chi connectivity index (χ0v) is 16.9. The molecule has 1 amide bonds. The van der Waals surface area contributed by atoms with Gasteiger partial charge in [0.1, 0.15) is 12.4 Å². The molecule has 3 aromatic rings. The largest absolute Gasteiger partial charge is 0.489 e. The lowest BCUT2D eigenvalue weighted by Gasteiger charge is -2.12. The van der Waals surface area contributed by atoms with E-state index in [9.17, 15) is 27.9 Å². The summed E-state index contributed by atoms with van der Waals surface area (Å²) in [4.78, 5) is 23.8. The number of alkyl halides is 3. The number of aromatic carboxylic acids is 1. The average molecular weight is 443 g/mol. The molecule has 3 aromatic carbocycles. The third kappa shape index (κ3) is 6.34. The quantitative estimate of drug-likeness (QED) is 0.522. The Labute approximate surface area is 182 Å². The Hall–Kier alpha value is -3.81. The van der Waals surface area contributed by atoms with Crippen LogP contribution in [0.15, 0.2) is 72.8 Å². The summed E-state index contributed by atoms with van der Waals surface area (Å²) in [5.41, 5.74) is 0.872. The maximum absolute atomic E-state index is 12.6. The molecule has 0 saturated heterocycles. The minimum Gasteiger partial charge on any atom is -0.489 e. The highest BCUT2D eigenvalue weighted by molar-refractivity contribution is 5.89. The number of carbonyl (C=O) groups is 2. The van der Waals surface area contributed by atoms with E-state index in [4.69, 9.17) is 4.74 Å². The molecule has 0 aliphatic heterocycles. The topological polar surface area (TPSA) is 75.6 Å². The lowest BCUT2D eigenvalue weighted by molar-refractivity contribution is -0.137. The van der Waals surface area contributed by atoms with Crippen molar-refractivity contribution in [2.75, 3.05) is 0 Å². The molecule has 0 radical (unpaired) electrons. The molecule has 3 rings (SSSR count). The van der Waals surface area contributed by atoms with Crippen LogP contribution in [0.5, 0.6) is 5.75 Å². The van der Waals surface area contributed by atoms with Gasteiger partial charge in [0.25, 0.3) is 0 Å². The Balaban J connectivity index is 1.62. The monoisotopic (exact) mass is 443 g/mol. The van der Waals surface area contributed by atoms with Crippen molar-refractivity contribution in [2.45, 2.75) is 25.7 Å². The number of ether oxygens (including phenoxy) is 1. The van der Waals surface area contributed by atoms with Gasteiger partial charge in [-0.3, -0.25) is 4.79 Å². The summed E-state index contributed by atoms with van der Waals surface area (Å²) in [6.45, 7) is 0.0980. The van der Waals surface area contributed by atoms with Gasteiger partial charge in [0.2, 0.25) is 5.91 Å². The van der Waals surface area contributed by atoms with Gasteiger partial charge in [-0.2, -0.15) is 13.2 Å². The first-order valence-corrected chi connectivity index (χ1v) is 9.68. The molecular weight excluding hydrogens is 423 g/mol. The predicted octanol–water partition coefficient (Wildman–Crippen LogP) is 4.84. The zero-order valence-electron chi connectivity index (χ0n) is 16.9. The standard InChI is InChI=1S/C24H20F3NO4/c25-24(26,27)19-9-6-16(7-10-19)14-28-22(29)13-17-8-11-21(23(30)31)18(12-17)15-32-20-4-2-1-3-5-20/h1-12H,13-15H2,(H,28,29)(H,30,31). The highest BCUT2D eigenvalue weighted by atomic mass is 19.4. The van der Waals surface area contributed by atoms with Crippen molar-refractivity contribution >= 4 is 11.9 Å². The van der Waals surface area contributed by atoms with Crippen LogP contribution in [-0.4, -0.2) is 17.0 Å². The van der Waals surface area contributed by atoms with E-state index in [2.05, 4.69) is 5.32 Å². The van der Waals surface area contributed by atoms with Crippen LogP contribution in [0.3, 0.4) is 0 Å². The fourth-order valence-electron chi connectivity index (χ4n) is 3.02. The smallest absolute Gasteiger partial charge is 0.416 e. The number of nitrogens with one attached hydrogen (secondary N) is 1. The number of benzene rings is 3. The summed E-state index contributed by atoms with van der Waals surface area (Å²) in [6.07, 6.45) is -4.43. The Morgan fingerprint density at radius 1 is 0.906 bits per heavy atom. The number of carboxylic acids is 1. The van der Waals surface area contributed by atoms with Crippen LogP contribution in [0.1, 0.15) is 32.6 Å². The van der Waals surface area contributed by atoms with Crippen molar-refractivity contribution in [2.24, 2.45) is 0 Å². The predicted molar refractivity (Wildman–Crippen MR) is 111 cm³/mol. The number of hydrogen-bond donors (Lipinski definition) is 2. The highest BCUT2D eigenvalue weighted by Gasteiger charge is 2.29. The number of carboxylic acid groups (broad SMARTS) is 1. The van der Waals surface area contributed by atoms with Crippen LogP contribution in [0.25, 0.3) is 0 Å². The van der Waals surface area contributed by atoms with E-state index in [1.54, 1.807) is 36.4 Å². The molecule has 0 aromatic heterocycles. The van der Waals surface area contributed by atoms with Gasteiger partial charge in [0.15, 0.2) is 0 Å². The highest BCUT2D eigenvalue weighted by Crippen LogP contribution is 2.29. The van der Waals surface area contributed by atoms with Gasteiger partial charge in [-0.05, 0) is 41.5 Å². The Kier molecular flexibility index (Phi) is 7.14. The van der Waals surface area contributed by atoms with E-state index in [0.717, 1.165) is 12.1 Å². The normalized spacial score (nSPS) is 11.1. The summed E-state index contributed by atoms with van der Waals surface area (Å²) in [5.74, 6) is -0.860. The number of hydrogen-bond acceptors (Lipinski definition) is 3. The fourth-order valence-corrected chi connectivity index (χ4v) is 3.02. The average Bonchev–Trinajstić information content (AvgIpc) is 2.76. The molecular formula is C24H20F3NO4. The van der Waals surface area contributed by atoms with E-state index in [1.165, 1.54) is 18.2 Å². The second-order valence-corrected chi connectivity index (χ2v) is 7.05. The summed E-state index contributed by atoms with van der Waals surface area (Å²) >= 11 is 0. The molecule has 0 fully saturated rings. The van der Waals surface area contributed by atoms with Crippen LogP contribution in [0, 0.1) is 0 Å². The first-order chi connectivity index (χ1) is 15.2. The lowest BCUT2D eigenvalue weighted by Crippen LogP contribution is -2.24. The number of carbonyl (C=O) groups excluding carboxylic acids is 1. The van der Waals surface area contributed by atoms with E-state index in [-0.39, 0.29) is 31.0 Å². The SMILES string of the molecule is O=C(Cc1ccc(C(=O)O)c(COc2ccccc2)c1)NCc1ccc(C(F)(F)F)cc1. The second kappa shape index (κ2) is 10.00. The molecule has 0 bridgehead atoms. The zero-order chi connectivity index (χ0) is 23.1. The summed E-state index contributed by atoms with van der Waals surface area (Å²) in [5, 5.41) is 12.1. The third-order valence-electron chi connectivity index (χ3n) is 4.67. The molecule has 2 N–H and O–H groups in total. The summed E-state index contributed by atoms with van der Waals surface area (Å²) in [7, 11) is 0. The molecule has 0 atom stereocenters. The van der Waals surface area contributed by atoms with Crippen molar-refractivity contribution in [1.82, 2.24) is 5.32 Å². The Morgan fingerprint density at radius 2 is 1.56 bits per heavy atom. The van der Waals surface area contributed by atoms with Gasteiger partial charge in [-0.1, -0.05) is 42.5 Å². The van der Waals surface area contributed by atoms with E-state index < -0.39 is 17.7 Å². The molecule has 0 heterocycles. The van der Waals surface area contributed by atoms with E-state index in [0.29, 0.717) is 22.4 Å². The molecule has 0 saturated carbocycles. The van der Waals surface area contributed by atoms with Crippen molar-refractivity contribution in [3.05, 3.63) is 101 Å². The summed E-state index contributed by atoms with van der Waals surface area (Å²) in [6, 6.07) is 18.0. The Morgan fingerprint density at radius 3 is 2.19 bits per heavy atom. The number of amides is 1. The van der Waals surface area contributed by atoms with Crippen molar-refractivity contribution in [3.8, 4) is 5.75 Å². The maximum atomic E-state index is 12.6. The Bertz CT molecular complexity index is 1080. The molecule has 0 spiro atoms. The second-order valence-electron chi connectivity index (χ2n) is 7.05. The molecule has 0 unspecified atom stereocenters. The number of halogens is 3. The molecule has 166 valence electrons. The number of para-hydroxylation sites is 1. The fraction of sp³-hybridized carbons (Fsp3) is 0.167. The van der Waals surface area contributed by atoms with Gasteiger partial charge in [-0.15, -0.1) is 0 Å². The summed E-state index contributed by atoms with van der Waals surface area (Å²) < 4.78 is 43.5. The van der Waals surface area contributed by atoms with Gasteiger partial charge >= 0.3 is 12.1 Å². The molecule has 8 heteroatoms. The van der Waals surface area contributed by atoms with Gasteiger partial charge < -0.3 is 15.2 Å². The number of rotatable bonds is 8. The van der Waals surface area contributed by atoms with Crippen LogP contribution in [0.2, 0.25) is 0 Å². The van der Waals surface area contributed by atoms with Crippen LogP contribution >= 0.6 is 0 Å². The molecule has 32 heavy (non-hydrogen) atoms. The maximum Gasteiger partial charge on any atom is 0.416 e. The van der Waals surface area contributed by atoms with Crippen LogP contribution < -0.4 is 10.1 Å². The first kappa shape index (κ1) is 22.9. The van der Waals surface area contributed by atoms with Crippen molar-refractivity contribution < 1.29 is 32.6 Å². The lowest BCUT2D eigenvalue weighted by atomic mass is 10.0. The molecule has 5 nitrogen and oxygen atoms in total. The van der Waals surface area contributed by atoms with Gasteiger partial charge in [0.05, 0.1) is 17.5 Å². The molecule has 0 aliphatic rings. The molecule has 0 aliphatic carbocycles. The van der Waals surface area contributed by atoms with Crippen molar-refractivity contribution in [3.63, 3.8) is 0 Å². The van der Waals surface area contributed by atoms with Crippen LogP contribution in [-0.2, 0) is 30.5 Å². The van der Waals surface area contributed by atoms with Gasteiger partial charge in [-0.25, -0.2) is 4.79 Å². The van der Waals surface area contributed by atoms with E-state index >= 15 is 0 Å². The van der Waals surface area contributed by atoms with E-state index in [1.807, 2.05) is 6.07 Å². The minimum absolute atomic E-state index is 0.0150.